The number of piperazine rings is 1. The summed E-state index contributed by atoms with van der Waals surface area (Å²) in [5.41, 5.74) is 0.441. The van der Waals surface area contributed by atoms with Crippen LogP contribution in [0.25, 0.3) is 10.8 Å². The number of rotatable bonds is 1. The van der Waals surface area contributed by atoms with Gasteiger partial charge < -0.3 is 9.80 Å². The maximum absolute atomic E-state index is 13.8. The molecule has 3 aromatic rings. The largest absolute Gasteiger partial charge is 0.354 e. The van der Waals surface area contributed by atoms with E-state index in [0.717, 1.165) is 42.8 Å². The Bertz CT molecular complexity index is 1020. The zero-order valence-electron chi connectivity index (χ0n) is 15.0. The van der Waals surface area contributed by atoms with Gasteiger partial charge in [-0.15, -0.1) is 0 Å². The Morgan fingerprint density at radius 3 is 2.22 bits per heavy atom. The quantitative estimate of drug-likeness (QED) is 0.615. The van der Waals surface area contributed by atoms with E-state index in [0.29, 0.717) is 5.56 Å². The van der Waals surface area contributed by atoms with Crippen molar-refractivity contribution in [2.45, 2.75) is 0 Å². The van der Waals surface area contributed by atoms with Gasteiger partial charge in [-0.2, -0.15) is 0 Å². The smallest absolute Gasteiger partial charge is 0.141 e. The summed E-state index contributed by atoms with van der Waals surface area (Å²) in [7, 11) is 2.11. The monoisotopic (exact) mass is 363 g/mol. The van der Waals surface area contributed by atoms with E-state index in [1.807, 2.05) is 24.3 Å². The number of anilines is 1. The third-order valence-corrected chi connectivity index (χ3v) is 4.86. The molecule has 0 atom stereocenters. The molecule has 1 saturated heterocycles. The van der Waals surface area contributed by atoms with Crippen LogP contribution < -0.4 is 4.90 Å². The van der Waals surface area contributed by atoms with Crippen molar-refractivity contribution in [1.82, 2.24) is 9.88 Å². The molecule has 0 spiro atoms. The fourth-order valence-electron chi connectivity index (χ4n) is 3.29. The van der Waals surface area contributed by atoms with Crippen molar-refractivity contribution in [3.05, 3.63) is 71.4 Å². The molecule has 0 radical (unpaired) electrons. The average Bonchev–Trinajstić information content (AvgIpc) is 2.68. The van der Waals surface area contributed by atoms with Gasteiger partial charge in [0.25, 0.3) is 0 Å². The number of likely N-dealkylation sites (N-methyl/N-ethyl adjacent to an activating group) is 1. The van der Waals surface area contributed by atoms with Crippen LogP contribution in [0.5, 0.6) is 0 Å². The second kappa shape index (κ2) is 7.34. The fourth-order valence-corrected chi connectivity index (χ4v) is 3.29. The third kappa shape index (κ3) is 3.49. The van der Waals surface area contributed by atoms with Crippen molar-refractivity contribution < 1.29 is 8.78 Å². The van der Waals surface area contributed by atoms with Crippen molar-refractivity contribution in [3.63, 3.8) is 0 Å². The maximum Gasteiger partial charge on any atom is 0.141 e. The Labute approximate surface area is 157 Å². The fraction of sp³-hybridized carbons (Fsp3) is 0.227. The van der Waals surface area contributed by atoms with E-state index in [1.54, 1.807) is 6.20 Å². The van der Waals surface area contributed by atoms with E-state index in [4.69, 9.17) is 0 Å². The lowest BCUT2D eigenvalue weighted by Gasteiger charge is -2.33. The highest BCUT2D eigenvalue weighted by molar-refractivity contribution is 5.96. The van der Waals surface area contributed by atoms with Gasteiger partial charge in [-0.05, 0) is 19.2 Å². The first-order valence-electron chi connectivity index (χ1n) is 8.91. The first-order chi connectivity index (χ1) is 13.1. The van der Waals surface area contributed by atoms with Gasteiger partial charge in [0.2, 0.25) is 0 Å². The number of nitrogens with zero attached hydrogens (tertiary/aromatic N) is 3. The molecule has 2 heterocycles. The van der Waals surface area contributed by atoms with Crippen LogP contribution >= 0.6 is 0 Å². The number of hydrogen-bond acceptors (Lipinski definition) is 3. The minimum Gasteiger partial charge on any atom is -0.354 e. The summed E-state index contributed by atoms with van der Waals surface area (Å²) in [6.45, 7) is 3.81. The summed E-state index contributed by atoms with van der Waals surface area (Å²) < 4.78 is 27.7. The van der Waals surface area contributed by atoms with Crippen LogP contribution in [-0.2, 0) is 0 Å². The van der Waals surface area contributed by atoms with E-state index < -0.39 is 11.6 Å². The molecular formula is C22H19F2N3. The minimum absolute atomic E-state index is 0.218. The molecule has 3 nitrogen and oxygen atoms in total. The molecule has 0 saturated carbocycles. The van der Waals surface area contributed by atoms with Crippen LogP contribution in [0, 0.1) is 23.5 Å². The molecule has 0 amide bonds. The molecular weight excluding hydrogens is 344 g/mol. The Morgan fingerprint density at radius 2 is 1.52 bits per heavy atom. The highest BCUT2D eigenvalue weighted by Crippen LogP contribution is 2.27. The molecule has 0 unspecified atom stereocenters. The Hall–Kier alpha value is -2.97. The summed E-state index contributed by atoms with van der Waals surface area (Å²) in [6, 6.07) is 11.6. The first kappa shape index (κ1) is 17.4. The minimum atomic E-state index is -0.658. The van der Waals surface area contributed by atoms with E-state index >= 15 is 0 Å². The zero-order chi connectivity index (χ0) is 18.8. The molecule has 136 valence electrons. The van der Waals surface area contributed by atoms with Crippen LogP contribution in [0.2, 0.25) is 0 Å². The number of hydrogen-bond donors (Lipinski definition) is 0. The summed E-state index contributed by atoms with van der Waals surface area (Å²) in [5, 5.41) is 1.94. The summed E-state index contributed by atoms with van der Waals surface area (Å²) in [6.07, 6.45) is 1.70. The molecule has 1 aromatic heterocycles. The molecule has 27 heavy (non-hydrogen) atoms. The molecule has 1 fully saturated rings. The van der Waals surface area contributed by atoms with E-state index in [9.17, 15) is 8.78 Å². The molecule has 2 aromatic carbocycles. The lowest BCUT2D eigenvalue weighted by Crippen LogP contribution is -2.44. The maximum atomic E-state index is 13.8. The molecule has 4 rings (SSSR count). The van der Waals surface area contributed by atoms with Gasteiger partial charge in [-0.25, -0.2) is 13.8 Å². The predicted molar refractivity (Wildman–Crippen MR) is 104 cm³/mol. The predicted octanol–water partition coefficient (Wildman–Crippen LogP) is 3.66. The van der Waals surface area contributed by atoms with Crippen molar-refractivity contribution in [2.75, 3.05) is 38.1 Å². The molecule has 1 aliphatic heterocycles. The number of aromatic nitrogens is 1. The van der Waals surface area contributed by atoms with E-state index in [1.165, 1.54) is 18.2 Å². The molecule has 0 N–H and O–H groups in total. The zero-order valence-corrected chi connectivity index (χ0v) is 15.0. The van der Waals surface area contributed by atoms with Crippen LogP contribution in [-0.4, -0.2) is 43.1 Å². The molecule has 5 heteroatoms. The summed E-state index contributed by atoms with van der Waals surface area (Å²) in [4.78, 5) is 9.20. The summed E-state index contributed by atoms with van der Waals surface area (Å²) >= 11 is 0. The van der Waals surface area contributed by atoms with E-state index in [2.05, 4.69) is 33.7 Å². The van der Waals surface area contributed by atoms with Gasteiger partial charge in [-0.3, -0.25) is 0 Å². The Morgan fingerprint density at radius 1 is 0.852 bits per heavy atom. The van der Waals surface area contributed by atoms with Gasteiger partial charge in [0.15, 0.2) is 0 Å². The second-order valence-electron chi connectivity index (χ2n) is 6.68. The van der Waals surface area contributed by atoms with Crippen LogP contribution in [0.15, 0.2) is 48.7 Å². The third-order valence-electron chi connectivity index (χ3n) is 4.86. The van der Waals surface area contributed by atoms with Crippen molar-refractivity contribution in [3.8, 4) is 11.8 Å². The van der Waals surface area contributed by atoms with Crippen LogP contribution in [0.4, 0.5) is 14.6 Å². The number of benzene rings is 2. The standard InChI is InChI=1S/C22H19F2N3/c1-26-11-13-27(14-12-26)22-18-6-3-2-5-17(18)16(15-25-22)9-10-19-20(23)7-4-8-21(19)24/h2-8,15H,11-14H2,1H3. The van der Waals surface area contributed by atoms with Crippen molar-refractivity contribution in [1.29, 1.82) is 0 Å². The SMILES string of the molecule is CN1CCN(c2ncc(C#Cc3c(F)cccc3F)c3ccccc23)CC1. The molecule has 0 bridgehead atoms. The Kier molecular flexibility index (Phi) is 4.74. The van der Waals surface area contributed by atoms with Gasteiger partial charge >= 0.3 is 0 Å². The second-order valence-corrected chi connectivity index (χ2v) is 6.68. The van der Waals surface area contributed by atoms with E-state index in [-0.39, 0.29) is 5.56 Å². The molecule has 0 aliphatic carbocycles. The number of pyridine rings is 1. The lowest BCUT2D eigenvalue weighted by molar-refractivity contribution is 0.312. The normalized spacial score (nSPS) is 14.9. The molecule has 1 aliphatic rings. The number of fused-ring (bicyclic) bond motifs is 1. The topological polar surface area (TPSA) is 19.4 Å². The number of halogens is 2. The average molecular weight is 363 g/mol. The van der Waals surface area contributed by atoms with Crippen LogP contribution in [0.1, 0.15) is 11.1 Å². The highest BCUT2D eigenvalue weighted by Gasteiger charge is 2.18. The lowest BCUT2D eigenvalue weighted by atomic mass is 10.1. The van der Waals surface area contributed by atoms with Gasteiger partial charge in [-0.1, -0.05) is 42.2 Å². The van der Waals surface area contributed by atoms with Gasteiger partial charge in [0, 0.05) is 43.1 Å². The summed E-state index contributed by atoms with van der Waals surface area (Å²) in [5.74, 6) is 5.15. The first-order valence-corrected chi connectivity index (χ1v) is 8.91. The Balaban J connectivity index is 1.76. The van der Waals surface area contributed by atoms with Crippen molar-refractivity contribution in [2.24, 2.45) is 0 Å². The van der Waals surface area contributed by atoms with Gasteiger partial charge in [0.1, 0.15) is 17.5 Å². The highest BCUT2D eigenvalue weighted by atomic mass is 19.1. The van der Waals surface area contributed by atoms with Crippen LogP contribution in [0.3, 0.4) is 0 Å². The van der Waals surface area contributed by atoms with Crippen molar-refractivity contribution >= 4 is 16.6 Å². The van der Waals surface area contributed by atoms with Gasteiger partial charge in [0.05, 0.1) is 11.1 Å².